The van der Waals surface area contributed by atoms with E-state index in [9.17, 15) is 0 Å². The van der Waals surface area contributed by atoms with Crippen LogP contribution in [0.2, 0.25) is 0 Å². The maximum atomic E-state index is 2.40. The number of fused-ring (bicyclic) bond motifs is 6. The monoisotopic (exact) mass is 664 g/mol. The second-order valence-corrected chi connectivity index (χ2v) is 14.3. The highest BCUT2D eigenvalue weighted by molar-refractivity contribution is 7.26. The molecule has 0 atom stereocenters. The number of thiophene rings is 1. The lowest BCUT2D eigenvalue weighted by Crippen LogP contribution is -1.89. The Balaban J connectivity index is 1.14. The minimum absolute atomic E-state index is 1.21. The van der Waals surface area contributed by atoms with E-state index in [1.54, 1.807) is 0 Å². The number of hydrogen-bond donors (Lipinski definition) is 0. The van der Waals surface area contributed by atoms with E-state index in [4.69, 9.17) is 0 Å². The first kappa shape index (κ1) is 29.6. The molecule has 1 aromatic heterocycles. The van der Waals surface area contributed by atoms with E-state index in [2.05, 4.69) is 194 Å². The fourth-order valence-electron chi connectivity index (χ4n) is 7.73. The van der Waals surface area contributed by atoms with Gasteiger partial charge in [0.15, 0.2) is 0 Å². The summed E-state index contributed by atoms with van der Waals surface area (Å²) in [5, 5.41) is 7.71. The van der Waals surface area contributed by atoms with E-state index in [1.165, 1.54) is 97.4 Å². The van der Waals surface area contributed by atoms with Gasteiger partial charge in [0.1, 0.15) is 0 Å². The first-order chi connectivity index (χ1) is 25.3. The van der Waals surface area contributed by atoms with Gasteiger partial charge in [0.2, 0.25) is 0 Å². The van der Waals surface area contributed by atoms with Crippen molar-refractivity contribution in [3.8, 4) is 55.6 Å². The van der Waals surface area contributed by atoms with E-state index >= 15 is 0 Å². The molecule has 0 radical (unpaired) electrons. The molecule has 0 saturated heterocycles. The van der Waals surface area contributed by atoms with Crippen molar-refractivity contribution in [1.82, 2.24) is 0 Å². The Labute approximate surface area is 301 Å². The van der Waals surface area contributed by atoms with Crippen molar-refractivity contribution >= 4 is 53.1 Å². The molecule has 51 heavy (non-hydrogen) atoms. The van der Waals surface area contributed by atoms with E-state index in [-0.39, 0.29) is 0 Å². The van der Waals surface area contributed by atoms with Crippen molar-refractivity contribution in [3.05, 3.63) is 194 Å². The predicted octanol–water partition coefficient (Wildman–Crippen LogP) is 14.7. The van der Waals surface area contributed by atoms with Crippen LogP contribution in [0.3, 0.4) is 0 Å². The van der Waals surface area contributed by atoms with Gasteiger partial charge in [0.05, 0.1) is 0 Å². The summed E-state index contributed by atoms with van der Waals surface area (Å²) in [5.41, 5.74) is 12.3. The lowest BCUT2D eigenvalue weighted by molar-refractivity contribution is 1.60. The molecule has 1 heteroatoms. The first-order valence-corrected chi connectivity index (χ1v) is 18.3. The quantitative estimate of drug-likeness (QED) is 0.161. The van der Waals surface area contributed by atoms with Crippen LogP contribution >= 0.6 is 11.3 Å². The number of rotatable bonds is 5. The summed E-state index contributed by atoms with van der Waals surface area (Å²) in [6.07, 6.45) is 0. The largest absolute Gasteiger partial charge is 0.135 e. The van der Waals surface area contributed by atoms with Gasteiger partial charge in [0.25, 0.3) is 0 Å². The summed E-state index contributed by atoms with van der Waals surface area (Å²) < 4.78 is 2.68. The molecule has 238 valence electrons. The summed E-state index contributed by atoms with van der Waals surface area (Å²) in [4.78, 5) is 0. The molecule has 0 aliphatic heterocycles. The van der Waals surface area contributed by atoms with Crippen molar-refractivity contribution < 1.29 is 0 Å². The lowest BCUT2D eigenvalue weighted by Gasteiger charge is -2.15. The van der Waals surface area contributed by atoms with Crippen molar-refractivity contribution in [2.45, 2.75) is 0 Å². The zero-order valence-corrected chi connectivity index (χ0v) is 28.7. The fraction of sp³-hybridized carbons (Fsp3) is 0. The third-order valence-corrected chi connectivity index (χ3v) is 11.5. The van der Waals surface area contributed by atoms with Crippen molar-refractivity contribution in [3.63, 3.8) is 0 Å². The fourth-order valence-corrected chi connectivity index (χ4v) is 8.97. The van der Waals surface area contributed by atoms with Gasteiger partial charge in [-0.25, -0.2) is 0 Å². The van der Waals surface area contributed by atoms with Crippen molar-refractivity contribution in [2.75, 3.05) is 0 Å². The van der Waals surface area contributed by atoms with Crippen molar-refractivity contribution in [1.29, 1.82) is 0 Å². The smallest absolute Gasteiger partial charge is 0.0433 e. The molecule has 0 unspecified atom stereocenters. The number of hydrogen-bond acceptors (Lipinski definition) is 1. The van der Waals surface area contributed by atoms with Gasteiger partial charge in [-0.05, 0) is 114 Å². The molecule has 0 saturated carbocycles. The summed E-state index contributed by atoms with van der Waals surface area (Å²) in [5.74, 6) is 0. The second-order valence-electron chi connectivity index (χ2n) is 13.3. The normalized spacial score (nSPS) is 11.5. The van der Waals surface area contributed by atoms with Gasteiger partial charge in [-0.15, -0.1) is 11.3 Å². The van der Waals surface area contributed by atoms with Crippen LogP contribution < -0.4 is 0 Å². The standard InChI is InChI=1S/C50H32S/c1-3-12-33(13-4-1)37-24-26-42-41(30-37)32-47(48-31-38(25-27-44(42)48)34-14-5-2-6-15-34)40-19-10-17-36(29-40)35-16-9-18-39(28-35)43-21-11-22-46-45-20-7-8-23-49(45)51-50(43)46/h1-32H. The maximum Gasteiger partial charge on any atom is 0.0433 e. The topological polar surface area (TPSA) is 0 Å². The lowest BCUT2D eigenvalue weighted by atomic mass is 9.89. The van der Waals surface area contributed by atoms with Crippen LogP contribution in [0.15, 0.2) is 194 Å². The minimum Gasteiger partial charge on any atom is -0.135 e. The van der Waals surface area contributed by atoms with Crippen molar-refractivity contribution in [2.24, 2.45) is 0 Å². The molecule has 0 nitrogen and oxygen atoms in total. The zero-order valence-electron chi connectivity index (χ0n) is 27.9. The van der Waals surface area contributed by atoms with E-state index in [0.29, 0.717) is 0 Å². The zero-order chi connectivity index (χ0) is 33.7. The molecule has 0 amide bonds. The molecule has 1 heterocycles. The molecule has 0 bridgehead atoms. The Morgan fingerprint density at radius 2 is 0.784 bits per heavy atom. The number of benzene rings is 9. The van der Waals surface area contributed by atoms with E-state index < -0.39 is 0 Å². The molecular formula is C50H32S. The van der Waals surface area contributed by atoms with Crippen LogP contribution in [0.25, 0.3) is 97.4 Å². The average molecular weight is 665 g/mol. The molecular weight excluding hydrogens is 633 g/mol. The van der Waals surface area contributed by atoms with Crippen LogP contribution in [0, 0.1) is 0 Å². The molecule has 0 aliphatic rings. The van der Waals surface area contributed by atoms with Gasteiger partial charge < -0.3 is 0 Å². The van der Waals surface area contributed by atoms with Crippen LogP contribution in [0.1, 0.15) is 0 Å². The van der Waals surface area contributed by atoms with Crippen LogP contribution in [0.5, 0.6) is 0 Å². The Bertz CT molecular complexity index is 2900. The molecule has 0 fully saturated rings. The highest BCUT2D eigenvalue weighted by Gasteiger charge is 2.14. The summed E-state index contributed by atoms with van der Waals surface area (Å²) >= 11 is 1.89. The maximum absolute atomic E-state index is 2.40. The Morgan fingerprint density at radius 3 is 1.51 bits per heavy atom. The Morgan fingerprint density at radius 1 is 0.255 bits per heavy atom. The third-order valence-electron chi connectivity index (χ3n) is 10.3. The predicted molar refractivity (Wildman–Crippen MR) is 222 cm³/mol. The van der Waals surface area contributed by atoms with Gasteiger partial charge >= 0.3 is 0 Å². The van der Waals surface area contributed by atoms with E-state index in [1.807, 2.05) is 11.3 Å². The average Bonchev–Trinajstić information content (AvgIpc) is 3.60. The molecule has 9 aromatic carbocycles. The molecule has 10 rings (SSSR count). The van der Waals surface area contributed by atoms with Gasteiger partial charge in [-0.1, -0.05) is 158 Å². The van der Waals surface area contributed by atoms with Gasteiger partial charge in [-0.2, -0.15) is 0 Å². The molecule has 10 aromatic rings. The highest BCUT2D eigenvalue weighted by Crippen LogP contribution is 2.42. The SMILES string of the molecule is c1ccc(-c2ccc3c(c2)cc(-c2cccc(-c4cccc(-c5cccc6c5sc5ccccc56)c4)c2)c2cc(-c4ccccc4)ccc23)cc1. The highest BCUT2D eigenvalue weighted by atomic mass is 32.1. The first-order valence-electron chi connectivity index (χ1n) is 17.5. The van der Waals surface area contributed by atoms with Crippen LogP contribution in [-0.4, -0.2) is 0 Å². The summed E-state index contributed by atoms with van der Waals surface area (Å²) in [7, 11) is 0. The molecule has 0 spiro atoms. The van der Waals surface area contributed by atoms with E-state index in [0.717, 1.165) is 0 Å². The van der Waals surface area contributed by atoms with Crippen LogP contribution in [-0.2, 0) is 0 Å². The molecule has 0 N–H and O–H groups in total. The van der Waals surface area contributed by atoms with Gasteiger partial charge in [-0.3, -0.25) is 0 Å². The summed E-state index contributed by atoms with van der Waals surface area (Å²) in [6.45, 7) is 0. The summed E-state index contributed by atoms with van der Waals surface area (Å²) in [6, 6.07) is 71.2. The minimum atomic E-state index is 1.21. The Kier molecular flexibility index (Phi) is 7.11. The Hall–Kier alpha value is -6.28. The second kappa shape index (κ2) is 12.2. The third kappa shape index (κ3) is 5.22. The molecule has 0 aliphatic carbocycles. The van der Waals surface area contributed by atoms with Gasteiger partial charge in [0, 0.05) is 20.2 Å². The van der Waals surface area contributed by atoms with Crippen LogP contribution in [0.4, 0.5) is 0 Å².